The number of aryl methyl sites for hydroxylation is 1. The first kappa shape index (κ1) is 16.4. The third kappa shape index (κ3) is 3.10. The van der Waals surface area contributed by atoms with Crippen LogP contribution in [-0.2, 0) is 4.79 Å². The van der Waals surface area contributed by atoms with Gasteiger partial charge in [0.1, 0.15) is 23.3 Å². The fraction of sp³-hybridized carbons (Fsp3) is 0.333. The summed E-state index contributed by atoms with van der Waals surface area (Å²) in [7, 11) is 0. The van der Waals surface area contributed by atoms with Gasteiger partial charge in [0.15, 0.2) is 0 Å². The molecule has 1 aliphatic heterocycles. The number of hydrogen-bond donors (Lipinski definition) is 1. The second-order valence-corrected chi connectivity index (χ2v) is 6.43. The highest BCUT2D eigenvalue weighted by molar-refractivity contribution is 5.93. The molecule has 3 heterocycles. The molecule has 0 radical (unpaired) electrons. The highest BCUT2D eigenvalue weighted by Crippen LogP contribution is 2.29. The molecule has 1 aromatic carbocycles. The molecule has 0 aliphatic carbocycles. The van der Waals surface area contributed by atoms with Crippen molar-refractivity contribution in [3.8, 4) is 0 Å². The summed E-state index contributed by atoms with van der Waals surface area (Å²) < 4.78 is 18.2. The number of aromatic nitrogens is 3. The minimum Gasteiger partial charge on any atom is -0.355 e. The first-order valence-corrected chi connectivity index (χ1v) is 8.50. The van der Waals surface area contributed by atoms with E-state index in [-0.39, 0.29) is 17.6 Å². The lowest BCUT2D eigenvalue weighted by Crippen LogP contribution is -2.41. The van der Waals surface area contributed by atoms with Crippen LogP contribution in [0.5, 0.6) is 0 Å². The van der Waals surface area contributed by atoms with Crippen LogP contribution in [0.4, 0.5) is 15.9 Å². The lowest BCUT2D eigenvalue weighted by Gasteiger charge is -2.33. The Balaban J connectivity index is 1.52. The maximum Gasteiger partial charge on any atom is 0.263 e. The third-order valence-corrected chi connectivity index (χ3v) is 4.63. The standard InChI is InChI=1S/C18H18FN5O2/c1-11-15-16(20-10-21-18(15)26-23-11)24-8-2-3-12(9-24)17(25)22-14-6-4-13(19)5-7-14/h4-7,10,12H,2-3,8-9H2,1H3,(H,22,25). The van der Waals surface area contributed by atoms with Crippen molar-refractivity contribution < 1.29 is 13.7 Å². The zero-order valence-electron chi connectivity index (χ0n) is 14.3. The van der Waals surface area contributed by atoms with E-state index in [1.807, 2.05) is 6.92 Å². The van der Waals surface area contributed by atoms with E-state index in [0.29, 0.717) is 17.9 Å². The summed E-state index contributed by atoms with van der Waals surface area (Å²) in [6.45, 7) is 3.20. The van der Waals surface area contributed by atoms with Crippen molar-refractivity contribution >= 4 is 28.5 Å². The summed E-state index contributed by atoms with van der Waals surface area (Å²) in [6, 6.07) is 5.77. The number of carbonyl (C=O) groups is 1. The topological polar surface area (TPSA) is 84.2 Å². The van der Waals surface area contributed by atoms with Gasteiger partial charge in [-0.1, -0.05) is 5.16 Å². The molecule has 1 N–H and O–H groups in total. The Labute approximate surface area is 149 Å². The number of hydrogen-bond acceptors (Lipinski definition) is 6. The van der Waals surface area contributed by atoms with Crippen LogP contribution < -0.4 is 10.2 Å². The van der Waals surface area contributed by atoms with Gasteiger partial charge in [-0.05, 0) is 44.0 Å². The fourth-order valence-corrected chi connectivity index (χ4v) is 3.30. The number of piperidine rings is 1. The lowest BCUT2D eigenvalue weighted by atomic mass is 9.96. The Kier molecular flexibility index (Phi) is 4.24. The number of amides is 1. The second-order valence-electron chi connectivity index (χ2n) is 6.43. The molecule has 1 amide bonds. The molecule has 0 saturated carbocycles. The van der Waals surface area contributed by atoms with E-state index in [1.54, 1.807) is 12.1 Å². The van der Waals surface area contributed by atoms with Crippen molar-refractivity contribution in [1.82, 2.24) is 15.1 Å². The lowest BCUT2D eigenvalue weighted by molar-refractivity contribution is -0.120. The van der Waals surface area contributed by atoms with Crippen molar-refractivity contribution in [3.63, 3.8) is 0 Å². The highest BCUT2D eigenvalue weighted by atomic mass is 19.1. The normalized spacial score (nSPS) is 17.5. The summed E-state index contributed by atoms with van der Waals surface area (Å²) >= 11 is 0. The van der Waals surface area contributed by atoms with Crippen LogP contribution in [-0.4, -0.2) is 34.1 Å². The number of anilines is 2. The quantitative estimate of drug-likeness (QED) is 0.778. The molecule has 1 fully saturated rings. The Bertz CT molecular complexity index is 940. The average molecular weight is 355 g/mol. The monoisotopic (exact) mass is 355 g/mol. The Morgan fingerprint density at radius 2 is 2.12 bits per heavy atom. The van der Waals surface area contributed by atoms with Gasteiger partial charge >= 0.3 is 0 Å². The molecular formula is C18H18FN5O2. The van der Waals surface area contributed by atoms with Crippen LogP contribution >= 0.6 is 0 Å². The smallest absolute Gasteiger partial charge is 0.263 e. The Hall–Kier alpha value is -3.03. The summed E-state index contributed by atoms with van der Waals surface area (Å²) in [5, 5.41) is 7.60. The molecule has 7 nitrogen and oxygen atoms in total. The molecule has 0 bridgehead atoms. The van der Waals surface area contributed by atoms with Gasteiger partial charge < -0.3 is 14.7 Å². The zero-order chi connectivity index (χ0) is 18.1. The predicted octanol–water partition coefficient (Wildman–Crippen LogP) is 2.92. The van der Waals surface area contributed by atoms with Crippen molar-refractivity contribution in [2.24, 2.45) is 5.92 Å². The number of fused-ring (bicyclic) bond motifs is 1. The van der Waals surface area contributed by atoms with Gasteiger partial charge in [-0.3, -0.25) is 4.79 Å². The summed E-state index contributed by atoms with van der Waals surface area (Å²) in [5.74, 6) is 0.157. The molecule has 1 saturated heterocycles. The first-order valence-electron chi connectivity index (χ1n) is 8.50. The number of nitrogens with zero attached hydrogens (tertiary/aromatic N) is 4. The van der Waals surface area contributed by atoms with E-state index < -0.39 is 0 Å². The van der Waals surface area contributed by atoms with Crippen LogP contribution in [0.25, 0.3) is 11.1 Å². The minimum atomic E-state index is -0.330. The molecule has 1 aliphatic rings. The number of carbonyl (C=O) groups excluding carboxylic acids is 1. The molecule has 3 aromatic rings. The fourth-order valence-electron chi connectivity index (χ4n) is 3.30. The highest BCUT2D eigenvalue weighted by Gasteiger charge is 2.28. The second kappa shape index (κ2) is 6.70. The zero-order valence-corrected chi connectivity index (χ0v) is 14.3. The molecule has 26 heavy (non-hydrogen) atoms. The van der Waals surface area contributed by atoms with E-state index in [4.69, 9.17) is 4.52 Å². The molecule has 1 atom stereocenters. The van der Waals surface area contributed by atoms with Gasteiger partial charge in [-0.2, -0.15) is 4.98 Å². The molecule has 4 rings (SSSR count). The molecule has 8 heteroatoms. The van der Waals surface area contributed by atoms with Gasteiger partial charge in [0, 0.05) is 18.8 Å². The predicted molar refractivity (Wildman–Crippen MR) is 94.3 cm³/mol. The van der Waals surface area contributed by atoms with Gasteiger partial charge in [0.05, 0.1) is 11.6 Å². The summed E-state index contributed by atoms with van der Waals surface area (Å²) in [6.07, 6.45) is 3.11. The molecule has 0 spiro atoms. The van der Waals surface area contributed by atoms with E-state index in [9.17, 15) is 9.18 Å². The van der Waals surface area contributed by atoms with E-state index in [2.05, 4.69) is 25.3 Å². The number of benzene rings is 1. The van der Waals surface area contributed by atoms with Gasteiger partial charge in [-0.25, -0.2) is 9.37 Å². The van der Waals surface area contributed by atoms with Crippen LogP contribution in [0.15, 0.2) is 35.1 Å². The SMILES string of the molecule is Cc1noc2ncnc(N3CCCC(C(=O)Nc4ccc(F)cc4)C3)c12. The minimum absolute atomic E-state index is 0.0753. The summed E-state index contributed by atoms with van der Waals surface area (Å²) in [5.41, 5.74) is 1.77. The van der Waals surface area contributed by atoms with Gasteiger partial charge in [-0.15, -0.1) is 0 Å². The molecule has 1 unspecified atom stereocenters. The van der Waals surface area contributed by atoms with Crippen LogP contribution in [0, 0.1) is 18.7 Å². The largest absolute Gasteiger partial charge is 0.355 e. The maximum atomic E-state index is 13.0. The average Bonchev–Trinajstić information content (AvgIpc) is 3.05. The number of halogens is 1. The third-order valence-electron chi connectivity index (χ3n) is 4.63. The van der Waals surface area contributed by atoms with E-state index in [1.165, 1.54) is 18.5 Å². The number of rotatable bonds is 3. The summed E-state index contributed by atoms with van der Waals surface area (Å²) in [4.78, 5) is 23.2. The molecular weight excluding hydrogens is 337 g/mol. The van der Waals surface area contributed by atoms with Crippen LogP contribution in [0.2, 0.25) is 0 Å². The maximum absolute atomic E-state index is 13.0. The Morgan fingerprint density at radius 1 is 1.31 bits per heavy atom. The van der Waals surface area contributed by atoms with Gasteiger partial charge in [0.2, 0.25) is 5.91 Å². The van der Waals surface area contributed by atoms with Crippen molar-refractivity contribution in [3.05, 3.63) is 42.1 Å². The van der Waals surface area contributed by atoms with Crippen molar-refractivity contribution in [1.29, 1.82) is 0 Å². The molecule has 2 aromatic heterocycles. The van der Waals surface area contributed by atoms with Crippen LogP contribution in [0.1, 0.15) is 18.5 Å². The van der Waals surface area contributed by atoms with Crippen molar-refractivity contribution in [2.75, 3.05) is 23.3 Å². The molecule has 134 valence electrons. The Morgan fingerprint density at radius 3 is 2.92 bits per heavy atom. The van der Waals surface area contributed by atoms with E-state index >= 15 is 0 Å². The van der Waals surface area contributed by atoms with Gasteiger partial charge in [0.25, 0.3) is 5.71 Å². The van der Waals surface area contributed by atoms with Crippen molar-refractivity contribution in [2.45, 2.75) is 19.8 Å². The first-order chi connectivity index (χ1) is 12.6. The van der Waals surface area contributed by atoms with Crippen LogP contribution in [0.3, 0.4) is 0 Å². The van der Waals surface area contributed by atoms with E-state index in [0.717, 1.165) is 36.3 Å². The number of nitrogens with one attached hydrogen (secondary N) is 1.